The van der Waals surface area contributed by atoms with Crippen LogP contribution in [-0.2, 0) is 13.2 Å². The smallest absolute Gasteiger partial charge is 0.298 e. The fraction of sp³-hybridized carbons (Fsp3) is 0.409. The maximum atomic E-state index is 12.7. The van der Waals surface area contributed by atoms with Gasteiger partial charge in [0.15, 0.2) is 5.52 Å². The van der Waals surface area contributed by atoms with Crippen molar-refractivity contribution in [1.82, 2.24) is 34.9 Å². The summed E-state index contributed by atoms with van der Waals surface area (Å²) in [5.41, 5.74) is 1.73. The Morgan fingerprint density at radius 3 is 2.45 bits per heavy atom. The molecule has 0 radical (unpaired) electrons. The molecule has 0 amide bonds. The highest BCUT2D eigenvalue weighted by atomic mass is 16.5. The van der Waals surface area contributed by atoms with E-state index in [4.69, 9.17) is 13.8 Å². The van der Waals surface area contributed by atoms with Crippen molar-refractivity contribution in [1.29, 1.82) is 0 Å². The molecule has 0 bridgehead atoms. The van der Waals surface area contributed by atoms with Gasteiger partial charge in [0.1, 0.15) is 11.5 Å². The summed E-state index contributed by atoms with van der Waals surface area (Å²) in [5, 5.41) is 13.2. The molecule has 0 N–H and O–H groups in total. The summed E-state index contributed by atoms with van der Waals surface area (Å²) < 4.78 is 17.3. The minimum Gasteiger partial charge on any atom is -0.497 e. The van der Waals surface area contributed by atoms with Crippen LogP contribution in [0.3, 0.4) is 0 Å². The molecule has 0 atom stereocenters. The maximum absolute atomic E-state index is 12.7. The predicted octanol–water partition coefficient (Wildman–Crippen LogP) is 1.84. The van der Waals surface area contributed by atoms with E-state index in [0.717, 1.165) is 43.2 Å². The third kappa shape index (κ3) is 4.24. The van der Waals surface area contributed by atoms with Crippen LogP contribution in [-0.4, -0.2) is 68.2 Å². The summed E-state index contributed by atoms with van der Waals surface area (Å²) in [4.78, 5) is 21.7. The molecular weight excluding hydrogens is 426 g/mol. The van der Waals surface area contributed by atoms with Gasteiger partial charge in [0.2, 0.25) is 11.7 Å². The zero-order chi connectivity index (χ0) is 22.9. The van der Waals surface area contributed by atoms with Crippen LogP contribution in [0.1, 0.15) is 17.3 Å². The van der Waals surface area contributed by atoms with E-state index in [0.29, 0.717) is 41.6 Å². The number of methoxy groups -OCH3 is 1. The molecule has 33 heavy (non-hydrogen) atoms. The van der Waals surface area contributed by atoms with Crippen molar-refractivity contribution in [3.8, 4) is 17.1 Å². The normalized spacial score (nSPS) is 15.4. The van der Waals surface area contributed by atoms with Crippen LogP contribution in [0.25, 0.3) is 22.3 Å². The van der Waals surface area contributed by atoms with Crippen molar-refractivity contribution in [2.75, 3.05) is 33.3 Å². The topological polar surface area (TPSA) is 116 Å². The van der Waals surface area contributed by atoms with E-state index in [1.807, 2.05) is 31.2 Å². The van der Waals surface area contributed by atoms with Crippen LogP contribution in [0, 0.1) is 13.8 Å². The highest BCUT2D eigenvalue weighted by Gasteiger charge is 2.22. The first-order valence-electron chi connectivity index (χ1n) is 10.8. The summed E-state index contributed by atoms with van der Waals surface area (Å²) >= 11 is 0. The van der Waals surface area contributed by atoms with Gasteiger partial charge in [-0.2, -0.15) is 10.1 Å². The number of benzene rings is 1. The fourth-order valence-corrected chi connectivity index (χ4v) is 4.08. The van der Waals surface area contributed by atoms with Gasteiger partial charge in [-0.1, -0.05) is 10.3 Å². The molecule has 1 fully saturated rings. The number of hydrogen-bond acceptors (Lipinski definition) is 10. The monoisotopic (exact) mass is 451 g/mol. The molecule has 11 nitrogen and oxygen atoms in total. The Labute approximate surface area is 189 Å². The SMILES string of the molecule is COc1ccc(-c2noc(CN3CCN(Cn4nc(C)c5c(C)onc5c4=O)CC3)n2)cc1. The summed E-state index contributed by atoms with van der Waals surface area (Å²) in [6.07, 6.45) is 0. The molecular formula is C22H25N7O4. The number of fused-ring (bicyclic) bond motifs is 1. The minimum absolute atomic E-state index is 0.230. The van der Waals surface area contributed by atoms with Crippen LogP contribution < -0.4 is 10.3 Å². The van der Waals surface area contributed by atoms with Gasteiger partial charge in [0.25, 0.3) is 5.56 Å². The van der Waals surface area contributed by atoms with E-state index >= 15 is 0 Å². The molecule has 1 aliphatic heterocycles. The van der Waals surface area contributed by atoms with E-state index in [1.165, 1.54) is 4.68 Å². The van der Waals surface area contributed by atoms with Gasteiger partial charge in [-0.15, -0.1) is 0 Å². The number of aryl methyl sites for hydroxylation is 2. The Morgan fingerprint density at radius 2 is 1.73 bits per heavy atom. The van der Waals surface area contributed by atoms with Crippen molar-refractivity contribution >= 4 is 10.9 Å². The average molecular weight is 451 g/mol. The van der Waals surface area contributed by atoms with Gasteiger partial charge < -0.3 is 13.8 Å². The van der Waals surface area contributed by atoms with Crippen molar-refractivity contribution in [3.05, 3.63) is 52.0 Å². The lowest BCUT2D eigenvalue weighted by molar-refractivity contribution is 0.0899. The predicted molar refractivity (Wildman–Crippen MR) is 119 cm³/mol. The molecule has 172 valence electrons. The Morgan fingerprint density at radius 1 is 1.00 bits per heavy atom. The Bertz CT molecular complexity index is 1320. The van der Waals surface area contributed by atoms with Gasteiger partial charge in [-0.05, 0) is 38.1 Å². The van der Waals surface area contributed by atoms with E-state index in [1.54, 1.807) is 14.0 Å². The zero-order valence-electron chi connectivity index (χ0n) is 18.8. The first-order chi connectivity index (χ1) is 16.0. The standard InChI is InChI=1S/C22H25N7O4/c1-14-19-15(2)32-25-20(19)22(30)29(24-14)13-28-10-8-27(9-11-28)12-18-23-21(26-33-18)16-4-6-17(31-3)7-5-16/h4-7H,8-13H2,1-3H3. The van der Waals surface area contributed by atoms with Crippen LogP contribution in [0.15, 0.2) is 38.1 Å². The minimum atomic E-state index is -0.230. The van der Waals surface area contributed by atoms with Crippen LogP contribution in [0.2, 0.25) is 0 Å². The van der Waals surface area contributed by atoms with E-state index in [2.05, 4.69) is 30.2 Å². The van der Waals surface area contributed by atoms with E-state index in [-0.39, 0.29) is 5.56 Å². The first-order valence-corrected chi connectivity index (χ1v) is 10.8. The number of ether oxygens (including phenoxy) is 1. The Hall–Kier alpha value is -3.57. The number of aromatic nitrogens is 5. The fourth-order valence-electron chi connectivity index (χ4n) is 4.08. The van der Waals surface area contributed by atoms with Crippen LogP contribution in [0.4, 0.5) is 0 Å². The van der Waals surface area contributed by atoms with Gasteiger partial charge in [0.05, 0.1) is 31.4 Å². The summed E-state index contributed by atoms with van der Waals surface area (Å²) in [7, 11) is 1.63. The quantitative estimate of drug-likeness (QED) is 0.430. The highest BCUT2D eigenvalue weighted by Crippen LogP contribution is 2.20. The van der Waals surface area contributed by atoms with Gasteiger partial charge in [0, 0.05) is 31.7 Å². The molecule has 1 aromatic carbocycles. The largest absolute Gasteiger partial charge is 0.497 e. The lowest BCUT2D eigenvalue weighted by atomic mass is 10.2. The second kappa shape index (κ2) is 8.75. The lowest BCUT2D eigenvalue weighted by Gasteiger charge is -2.33. The Kier molecular flexibility index (Phi) is 5.65. The molecule has 5 rings (SSSR count). The lowest BCUT2D eigenvalue weighted by Crippen LogP contribution is -2.47. The number of hydrogen-bond donors (Lipinski definition) is 0. The van der Waals surface area contributed by atoms with Gasteiger partial charge in [-0.25, -0.2) is 4.68 Å². The van der Waals surface area contributed by atoms with Crippen molar-refractivity contribution in [3.63, 3.8) is 0 Å². The second-order valence-electron chi connectivity index (χ2n) is 8.13. The molecule has 0 spiro atoms. The molecule has 1 saturated heterocycles. The summed E-state index contributed by atoms with van der Waals surface area (Å²) in [5.74, 6) is 2.54. The second-order valence-corrected chi connectivity index (χ2v) is 8.13. The third-order valence-corrected chi connectivity index (χ3v) is 5.91. The summed E-state index contributed by atoms with van der Waals surface area (Å²) in [6, 6.07) is 7.55. The maximum Gasteiger partial charge on any atom is 0.298 e. The molecule has 11 heteroatoms. The average Bonchev–Trinajstić information content (AvgIpc) is 3.46. The van der Waals surface area contributed by atoms with Crippen molar-refractivity contribution < 1.29 is 13.8 Å². The van der Waals surface area contributed by atoms with Crippen LogP contribution in [0.5, 0.6) is 5.75 Å². The first kappa shape index (κ1) is 21.3. The molecule has 4 heterocycles. The molecule has 1 aliphatic rings. The highest BCUT2D eigenvalue weighted by molar-refractivity contribution is 5.81. The van der Waals surface area contributed by atoms with Crippen LogP contribution >= 0.6 is 0 Å². The van der Waals surface area contributed by atoms with Gasteiger partial charge >= 0.3 is 0 Å². The summed E-state index contributed by atoms with van der Waals surface area (Å²) in [6.45, 7) is 7.88. The molecule has 3 aromatic heterocycles. The molecule has 0 aliphatic carbocycles. The molecule has 4 aromatic rings. The zero-order valence-corrected chi connectivity index (χ0v) is 18.8. The van der Waals surface area contributed by atoms with E-state index in [9.17, 15) is 4.79 Å². The number of nitrogens with zero attached hydrogens (tertiary/aromatic N) is 7. The third-order valence-electron chi connectivity index (χ3n) is 5.91. The number of rotatable bonds is 6. The van der Waals surface area contributed by atoms with Gasteiger partial charge in [-0.3, -0.25) is 14.6 Å². The number of piperazine rings is 1. The van der Waals surface area contributed by atoms with Crippen molar-refractivity contribution in [2.45, 2.75) is 27.1 Å². The van der Waals surface area contributed by atoms with E-state index < -0.39 is 0 Å². The molecule has 0 saturated carbocycles. The van der Waals surface area contributed by atoms with Crippen molar-refractivity contribution in [2.24, 2.45) is 0 Å². The Balaban J connectivity index is 1.19. The molecule has 0 unspecified atom stereocenters.